The molecular formula is C17H30N2OS. The molecule has 1 aromatic heterocycles. The second-order valence-corrected chi connectivity index (χ2v) is 8.35. The number of hydrogen-bond acceptors (Lipinski definition) is 4. The highest BCUT2D eigenvalue weighted by Gasteiger charge is 2.22. The molecule has 0 saturated carbocycles. The maximum atomic E-state index is 5.60. The van der Waals surface area contributed by atoms with Crippen LogP contribution in [0.25, 0.3) is 0 Å². The summed E-state index contributed by atoms with van der Waals surface area (Å²) >= 11 is 1.93. The second kappa shape index (κ2) is 7.23. The van der Waals surface area contributed by atoms with Crippen molar-refractivity contribution in [1.82, 2.24) is 10.2 Å². The third-order valence-corrected chi connectivity index (χ3v) is 5.15. The topological polar surface area (TPSA) is 24.5 Å². The van der Waals surface area contributed by atoms with Crippen molar-refractivity contribution in [1.29, 1.82) is 0 Å². The summed E-state index contributed by atoms with van der Waals surface area (Å²) in [5.41, 5.74) is 1.67. The molecule has 0 radical (unpaired) electrons. The number of rotatable bonds is 5. The largest absolute Gasteiger partial charge is 0.378 e. The average molecular weight is 311 g/mol. The van der Waals surface area contributed by atoms with Gasteiger partial charge >= 0.3 is 0 Å². The summed E-state index contributed by atoms with van der Waals surface area (Å²) in [5, 5.41) is 3.58. The Hall–Kier alpha value is -0.420. The molecular weight excluding hydrogens is 280 g/mol. The zero-order chi connectivity index (χ0) is 15.5. The predicted octanol–water partition coefficient (Wildman–Crippen LogP) is 3.56. The molecule has 0 spiro atoms. The molecule has 120 valence electrons. The van der Waals surface area contributed by atoms with Crippen molar-refractivity contribution in [3.8, 4) is 0 Å². The van der Waals surface area contributed by atoms with Gasteiger partial charge in [-0.15, -0.1) is 11.3 Å². The molecule has 2 rings (SSSR count). The molecule has 1 unspecified atom stereocenters. The van der Waals surface area contributed by atoms with Crippen molar-refractivity contribution in [3.05, 3.63) is 21.4 Å². The first-order valence-electron chi connectivity index (χ1n) is 8.04. The standard InChI is InChI=1S/C17H30N2OS/c1-6-15-12-20-8-7-19(15)11-14-9-16(21-13(14)2)10-18-17(3,4)5/h9,15,18H,6-8,10-12H2,1-5H3. The van der Waals surface area contributed by atoms with Crippen LogP contribution < -0.4 is 5.32 Å². The molecule has 2 heterocycles. The number of thiophene rings is 1. The van der Waals surface area contributed by atoms with Gasteiger partial charge in [-0.3, -0.25) is 4.90 Å². The van der Waals surface area contributed by atoms with Gasteiger partial charge in [-0.2, -0.15) is 0 Å². The van der Waals surface area contributed by atoms with E-state index in [2.05, 4.69) is 50.9 Å². The molecule has 1 aliphatic heterocycles. The third-order valence-electron chi connectivity index (χ3n) is 4.06. The Labute approximate surface area is 133 Å². The van der Waals surface area contributed by atoms with Crippen LogP contribution in [0.1, 0.15) is 49.4 Å². The van der Waals surface area contributed by atoms with Gasteiger partial charge in [-0.1, -0.05) is 6.92 Å². The van der Waals surface area contributed by atoms with Crippen LogP contribution >= 0.6 is 11.3 Å². The number of ether oxygens (including phenoxy) is 1. The number of hydrogen-bond donors (Lipinski definition) is 1. The summed E-state index contributed by atoms with van der Waals surface area (Å²) in [6.45, 7) is 16.0. The first kappa shape index (κ1) is 16.9. The zero-order valence-electron chi connectivity index (χ0n) is 14.2. The molecule has 1 aliphatic rings. The fourth-order valence-electron chi connectivity index (χ4n) is 2.68. The van der Waals surface area contributed by atoms with E-state index in [0.717, 1.165) is 32.8 Å². The van der Waals surface area contributed by atoms with E-state index in [-0.39, 0.29) is 5.54 Å². The van der Waals surface area contributed by atoms with E-state index < -0.39 is 0 Å². The summed E-state index contributed by atoms with van der Waals surface area (Å²) in [6, 6.07) is 2.97. The minimum Gasteiger partial charge on any atom is -0.378 e. The quantitative estimate of drug-likeness (QED) is 0.900. The van der Waals surface area contributed by atoms with Crippen LogP contribution in [0.4, 0.5) is 0 Å². The molecule has 0 bridgehead atoms. The van der Waals surface area contributed by atoms with Crippen LogP contribution in [0.2, 0.25) is 0 Å². The Bertz CT molecular complexity index is 450. The van der Waals surface area contributed by atoms with Crippen LogP contribution in [0.15, 0.2) is 6.07 Å². The van der Waals surface area contributed by atoms with Crippen LogP contribution in [-0.4, -0.2) is 36.2 Å². The van der Waals surface area contributed by atoms with Crippen molar-refractivity contribution in [2.24, 2.45) is 0 Å². The Morgan fingerprint density at radius 3 is 2.86 bits per heavy atom. The van der Waals surface area contributed by atoms with Gasteiger partial charge in [0, 0.05) is 41.0 Å². The number of nitrogens with zero attached hydrogens (tertiary/aromatic N) is 1. The lowest BCUT2D eigenvalue weighted by atomic mass is 10.1. The highest BCUT2D eigenvalue weighted by molar-refractivity contribution is 7.12. The highest BCUT2D eigenvalue weighted by Crippen LogP contribution is 2.25. The van der Waals surface area contributed by atoms with Gasteiger partial charge in [0.05, 0.1) is 13.2 Å². The van der Waals surface area contributed by atoms with Crippen molar-refractivity contribution in [2.45, 2.75) is 65.7 Å². The minimum atomic E-state index is 0.176. The van der Waals surface area contributed by atoms with Crippen molar-refractivity contribution >= 4 is 11.3 Å². The second-order valence-electron chi connectivity index (χ2n) is 7.01. The molecule has 0 amide bonds. The maximum absolute atomic E-state index is 5.60. The van der Waals surface area contributed by atoms with E-state index in [1.807, 2.05) is 11.3 Å². The SMILES string of the molecule is CCC1COCCN1Cc1cc(CNC(C)(C)C)sc1C. The Morgan fingerprint density at radius 2 is 2.19 bits per heavy atom. The number of aryl methyl sites for hydroxylation is 1. The van der Waals surface area contributed by atoms with Crippen molar-refractivity contribution in [3.63, 3.8) is 0 Å². The normalized spacial score (nSPS) is 20.9. The number of morpholine rings is 1. The molecule has 1 atom stereocenters. The van der Waals surface area contributed by atoms with Crippen molar-refractivity contribution < 1.29 is 4.74 Å². The van der Waals surface area contributed by atoms with E-state index in [1.165, 1.54) is 21.7 Å². The summed E-state index contributed by atoms with van der Waals surface area (Å²) in [4.78, 5) is 5.49. The van der Waals surface area contributed by atoms with E-state index in [9.17, 15) is 0 Å². The smallest absolute Gasteiger partial charge is 0.0622 e. The fraction of sp³-hybridized carbons (Fsp3) is 0.765. The van der Waals surface area contributed by atoms with Crippen LogP contribution in [0.5, 0.6) is 0 Å². The molecule has 4 heteroatoms. The molecule has 1 aromatic rings. The zero-order valence-corrected chi connectivity index (χ0v) is 15.0. The molecule has 1 fully saturated rings. The number of nitrogens with one attached hydrogen (secondary N) is 1. The van der Waals surface area contributed by atoms with Crippen molar-refractivity contribution in [2.75, 3.05) is 19.8 Å². The summed E-state index contributed by atoms with van der Waals surface area (Å²) < 4.78 is 5.60. The first-order valence-corrected chi connectivity index (χ1v) is 8.85. The Morgan fingerprint density at radius 1 is 1.43 bits per heavy atom. The fourth-order valence-corrected chi connectivity index (χ4v) is 3.67. The van der Waals surface area contributed by atoms with Gasteiger partial charge in [0.25, 0.3) is 0 Å². The molecule has 0 aliphatic carbocycles. The van der Waals surface area contributed by atoms with Gasteiger partial charge in [0.2, 0.25) is 0 Å². The lowest BCUT2D eigenvalue weighted by Gasteiger charge is -2.35. The molecule has 0 aromatic carbocycles. The monoisotopic (exact) mass is 310 g/mol. The minimum absolute atomic E-state index is 0.176. The van der Waals surface area contributed by atoms with Crippen LogP contribution in [0, 0.1) is 6.92 Å². The van der Waals surface area contributed by atoms with Gasteiger partial charge < -0.3 is 10.1 Å². The summed E-state index contributed by atoms with van der Waals surface area (Å²) in [6.07, 6.45) is 1.17. The molecule has 1 saturated heterocycles. The Kier molecular flexibility index (Phi) is 5.83. The van der Waals surface area contributed by atoms with E-state index in [0.29, 0.717) is 6.04 Å². The third kappa shape index (κ3) is 5.06. The van der Waals surface area contributed by atoms with Gasteiger partial charge in [-0.05, 0) is 45.7 Å². The molecule has 1 N–H and O–H groups in total. The molecule has 3 nitrogen and oxygen atoms in total. The average Bonchev–Trinajstić information content (AvgIpc) is 2.77. The summed E-state index contributed by atoms with van der Waals surface area (Å²) in [5.74, 6) is 0. The van der Waals surface area contributed by atoms with Crippen LogP contribution in [0.3, 0.4) is 0 Å². The van der Waals surface area contributed by atoms with E-state index >= 15 is 0 Å². The first-order chi connectivity index (χ1) is 9.89. The van der Waals surface area contributed by atoms with Gasteiger partial charge in [0.15, 0.2) is 0 Å². The predicted molar refractivity (Wildman–Crippen MR) is 91.0 cm³/mol. The van der Waals surface area contributed by atoms with Gasteiger partial charge in [0.1, 0.15) is 0 Å². The lowest BCUT2D eigenvalue weighted by Crippen LogP contribution is -2.44. The highest BCUT2D eigenvalue weighted by atomic mass is 32.1. The lowest BCUT2D eigenvalue weighted by molar-refractivity contribution is -0.0127. The summed E-state index contributed by atoms with van der Waals surface area (Å²) in [7, 11) is 0. The van der Waals surface area contributed by atoms with Crippen LogP contribution in [-0.2, 0) is 17.8 Å². The molecule has 21 heavy (non-hydrogen) atoms. The van der Waals surface area contributed by atoms with E-state index in [1.54, 1.807) is 0 Å². The van der Waals surface area contributed by atoms with Gasteiger partial charge in [-0.25, -0.2) is 0 Å². The Balaban J connectivity index is 1.98. The maximum Gasteiger partial charge on any atom is 0.0622 e. The van der Waals surface area contributed by atoms with E-state index in [4.69, 9.17) is 4.74 Å².